The minimum Gasteiger partial charge on any atom is -0.485 e. The number of benzene rings is 1. The standard InChI is InChI=1S/C28H34F3N7O4/c1-27(35-16-3-2-4-16)21-19(28(29,30)31)13-32-24(21)34-26(36-27)33-20-6-5-18(22-23(20)42-12-11-41-22)25(39)38-9-7-37(8-10-38)17-14-40-15-17/h5-6,13,16-17,32,35H,2-4,7-12,14-15H2,1H3,(H2,33,34,36). The van der Waals surface area contributed by atoms with Gasteiger partial charge in [0, 0.05) is 44.0 Å². The number of halogens is 3. The quantitative estimate of drug-likeness (QED) is 0.421. The molecular weight excluding hydrogens is 555 g/mol. The van der Waals surface area contributed by atoms with Crippen molar-refractivity contribution < 1.29 is 32.2 Å². The predicted molar refractivity (Wildman–Crippen MR) is 148 cm³/mol. The van der Waals surface area contributed by atoms with Crippen molar-refractivity contribution in [1.29, 1.82) is 0 Å². The molecule has 4 N–H and O–H groups in total. The summed E-state index contributed by atoms with van der Waals surface area (Å²) in [6.07, 6.45) is -0.802. The summed E-state index contributed by atoms with van der Waals surface area (Å²) in [6, 6.07) is 3.91. The van der Waals surface area contributed by atoms with Gasteiger partial charge in [-0.1, -0.05) is 6.42 Å². The molecule has 1 aromatic carbocycles. The predicted octanol–water partition coefficient (Wildman–Crippen LogP) is 3.17. The number of H-pyrrole nitrogens is 1. The number of carbonyl (C=O) groups is 1. The Bertz CT molecular complexity index is 1400. The molecule has 0 radical (unpaired) electrons. The first kappa shape index (κ1) is 27.3. The number of rotatable bonds is 5. The van der Waals surface area contributed by atoms with Gasteiger partial charge >= 0.3 is 6.18 Å². The molecule has 2 saturated heterocycles. The van der Waals surface area contributed by atoms with E-state index in [1.54, 1.807) is 19.1 Å². The number of aliphatic imine (C=N–C) groups is 1. The Morgan fingerprint density at radius 2 is 1.83 bits per heavy atom. The minimum atomic E-state index is -4.54. The van der Waals surface area contributed by atoms with Crippen LogP contribution in [0.4, 0.5) is 24.7 Å². The fourth-order valence-electron chi connectivity index (χ4n) is 6.22. The van der Waals surface area contributed by atoms with E-state index in [-0.39, 0.29) is 35.9 Å². The normalized spacial score (nSPS) is 24.7. The lowest BCUT2D eigenvalue weighted by atomic mass is 9.89. The average Bonchev–Trinajstić information content (AvgIpc) is 3.36. The fourth-order valence-corrected chi connectivity index (χ4v) is 6.22. The second-order valence-electron chi connectivity index (χ2n) is 11.5. The van der Waals surface area contributed by atoms with E-state index >= 15 is 0 Å². The van der Waals surface area contributed by atoms with Crippen LogP contribution in [0.1, 0.15) is 47.7 Å². The zero-order chi connectivity index (χ0) is 29.1. The first-order valence-electron chi connectivity index (χ1n) is 14.4. The highest BCUT2D eigenvalue weighted by Gasteiger charge is 2.46. The molecule has 5 heterocycles. The number of amides is 1. The van der Waals surface area contributed by atoms with Crippen molar-refractivity contribution >= 4 is 23.4 Å². The summed E-state index contributed by atoms with van der Waals surface area (Å²) in [4.78, 5) is 25.2. The lowest BCUT2D eigenvalue weighted by molar-refractivity contribution is -0.138. The van der Waals surface area contributed by atoms with Crippen molar-refractivity contribution in [2.24, 2.45) is 4.99 Å². The molecule has 2 aromatic rings. The van der Waals surface area contributed by atoms with Gasteiger partial charge < -0.3 is 34.7 Å². The maximum atomic E-state index is 13.9. The van der Waals surface area contributed by atoms with Crippen molar-refractivity contribution in [2.75, 3.05) is 63.2 Å². The highest BCUT2D eigenvalue weighted by atomic mass is 19.4. The van der Waals surface area contributed by atoms with Gasteiger partial charge in [-0.2, -0.15) is 13.2 Å². The number of hydrogen-bond donors (Lipinski definition) is 4. The molecule has 1 aliphatic carbocycles. The summed E-state index contributed by atoms with van der Waals surface area (Å²) >= 11 is 0. The number of alkyl halides is 3. The maximum absolute atomic E-state index is 13.9. The van der Waals surface area contributed by atoms with Crippen molar-refractivity contribution in [2.45, 2.75) is 50.1 Å². The van der Waals surface area contributed by atoms with Gasteiger partial charge in [0.15, 0.2) is 11.5 Å². The zero-order valence-electron chi connectivity index (χ0n) is 23.3. The number of carbonyl (C=O) groups excluding carboxylic acids is 1. The van der Waals surface area contributed by atoms with Gasteiger partial charge in [0.05, 0.1) is 36.1 Å². The number of anilines is 2. The van der Waals surface area contributed by atoms with Crippen molar-refractivity contribution in [3.05, 3.63) is 35.0 Å². The third kappa shape index (κ3) is 4.84. The summed E-state index contributed by atoms with van der Waals surface area (Å²) in [5.74, 6) is 1.02. The molecular formula is C28H34F3N7O4. The number of hydrogen-bond acceptors (Lipinski definition) is 9. The Balaban J connectivity index is 1.15. The Morgan fingerprint density at radius 1 is 1.10 bits per heavy atom. The molecule has 1 amide bonds. The summed E-state index contributed by atoms with van der Waals surface area (Å²) in [6.45, 7) is 6.51. The number of nitrogens with one attached hydrogen (secondary N) is 4. The second kappa shape index (κ2) is 10.3. The first-order chi connectivity index (χ1) is 20.2. The van der Waals surface area contributed by atoms with Crippen LogP contribution in [-0.4, -0.2) is 91.3 Å². The van der Waals surface area contributed by atoms with Gasteiger partial charge in [-0.25, -0.2) is 4.99 Å². The number of guanidine groups is 1. The van der Waals surface area contributed by atoms with Gasteiger partial charge in [-0.15, -0.1) is 0 Å². The van der Waals surface area contributed by atoms with Crippen LogP contribution in [0.25, 0.3) is 0 Å². The van der Waals surface area contributed by atoms with Crippen LogP contribution in [0.2, 0.25) is 0 Å². The van der Waals surface area contributed by atoms with Gasteiger partial charge in [-0.05, 0) is 31.9 Å². The highest BCUT2D eigenvalue weighted by Crippen LogP contribution is 2.45. The van der Waals surface area contributed by atoms with Crippen LogP contribution in [-0.2, 0) is 16.6 Å². The topological polar surface area (TPSA) is 115 Å². The number of aromatic amines is 1. The largest absolute Gasteiger partial charge is 0.485 e. The molecule has 42 heavy (non-hydrogen) atoms. The van der Waals surface area contributed by atoms with Crippen LogP contribution in [0.3, 0.4) is 0 Å². The SMILES string of the molecule is CC1(NC2CCC2)N=C(Nc2ccc(C(=O)N3CCN(C4COC4)CC3)c3c2OCCO3)Nc2[nH]cc(C(F)(F)F)c21. The van der Waals surface area contributed by atoms with Gasteiger partial charge in [-0.3, -0.25) is 15.0 Å². The molecule has 5 aliphatic rings. The van der Waals surface area contributed by atoms with E-state index in [1.165, 1.54) is 0 Å². The van der Waals surface area contributed by atoms with Gasteiger partial charge in [0.25, 0.3) is 5.91 Å². The number of piperazine rings is 1. The Hall–Kier alpha value is -3.49. The summed E-state index contributed by atoms with van der Waals surface area (Å²) < 4.78 is 59.0. The second-order valence-corrected chi connectivity index (χ2v) is 11.5. The Morgan fingerprint density at radius 3 is 2.48 bits per heavy atom. The van der Waals surface area contributed by atoms with Crippen molar-refractivity contribution in [3.8, 4) is 11.5 Å². The van der Waals surface area contributed by atoms with E-state index in [4.69, 9.17) is 19.2 Å². The van der Waals surface area contributed by atoms with Gasteiger partial charge in [0.1, 0.15) is 24.7 Å². The molecule has 0 bridgehead atoms. The summed E-state index contributed by atoms with van der Waals surface area (Å²) in [5, 5.41) is 9.51. The molecule has 4 aliphatic heterocycles. The third-order valence-electron chi connectivity index (χ3n) is 8.75. The van der Waals surface area contributed by atoms with E-state index < -0.39 is 17.4 Å². The number of aromatic nitrogens is 1. The van der Waals surface area contributed by atoms with Crippen LogP contribution >= 0.6 is 0 Å². The van der Waals surface area contributed by atoms with E-state index in [0.29, 0.717) is 48.5 Å². The lowest BCUT2D eigenvalue weighted by Crippen LogP contribution is -2.57. The first-order valence-corrected chi connectivity index (χ1v) is 14.4. The molecule has 14 heteroatoms. The molecule has 7 rings (SSSR count). The Labute approximate surface area is 240 Å². The molecule has 1 saturated carbocycles. The smallest absolute Gasteiger partial charge is 0.418 e. The molecule has 0 spiro atoms. The van der Waals surface area contributed by atoms with E-state index in [1.807, 2.05) is 4.90 Å². The Kier molecular flexibility index (Phi) is 6.74. The number of fused-ring (bicyclic) bond motifs is 2. The van der Waals surface area contributed by atoms with E-state index in [2.05, 4.69) is 25.8 Å². The summed E-state index contributed by atoms with van der Waals surface area (Å²) in [7, 11) is 0. The highest BCUT2D eigenvalue weighted by molar-refractivity contribution is 6.07. The number of ether oxygens (including phenoxy) is 3. The average molecular weight is 590 g/mol. The fraction of sp³-hybridized carbons (Fsp3) is 0.571. The molecule has 1 unspecified atom stereocenters. The summed E-state index contributed by atoms with van der Waals surface area (Å²) in [5.41, 5.74) is -1.17. The van der Waals surface area contributed by atoms with Crippen molar-refractivity contribution in [1.82, 2.24) is 20.1 Å². The zero-order valence-corrected chi connectivity index (χ0v) is 23.3. The lowest BCUT2D eigenvalue weighted by Gasteiger charge is -2.42. The molecule has 1 aromatic heterocycles. The van der Waals surface area contributed by atoms with Gasteiger partial charge in [0.2, 0.25) is 5.96 Å². The molecule has 11 nitrogen and oxygen atoms in total. The van der Waals surface area contributed by atoms with E-state index in [0.717, 1.165) is 51.8 Å². The van der Waals surface area contributed by atoms with E-state index in [9.17, 15) is 18.0 Å². The number of nitrogens with zero attached hydrogens (tertiary/aromatic N) is 3. The van der Waals surface area contributed by atoms with Crippen LogP contribution in [0.5, 0.6) is 11.5 Å². The molecule has 3 fully saturated rings. The molecule has 1 atom stereocenters. The monoisotopic (exact) mass is 589 g/mol. The third-order valence-corrected chi connectivity index (χ3v) is 8.75. The van der Waals surface area contributed by atoms with Crippen LogP contribution in [0, 0.1) is 0 Å². The van der Waals surface area contributed by atoms with Crippen LogP contribution in [0.15, 0.2) is 23.3 Å². The maximum Gasteiger partial charge on any atom is 0.418 e. The minimum absolute atomic E-state index is 0.0277. The van der Waals surface area contributed by atoms with Crippen LogP contribution < -0.4 is 25.4 Å². The molecule has 226 valence electrons. The van der Waals surface area contributed by atoms with Crippen molar-refractivity contribution in [3.63, 3.8) is 0 Å².